The molecule has 2 aromatic heterocycles. The molecule has 1 saturated heterocycles. The van der Waals surface area contributed by atoms with E-state index in [1.54, 1.807) is 25.5 Å². The normalized spacial score (nSPS) is 21.2. The Labute approximate surface area is 183 Å². The van der Waals surface area contributed by atoms with E-state index in [9.17, 15) is 15.0 Å². The highest BCUT2D eigenvalue weighted by atomic mass is 32.1. The van der Waals surface area contributed by atoms with Gasteiger partial charge in [0.2, 0.25) is 0 Å². The van der Waals surface area contributed by atoms with E-state index >= 15 is 0 Å². The number of hydrogen-bond donors (Lipinski definition) is 3. The van der Waals surface area contributed by atoms with Gasteiger partial charge in [-0.3, -0.25) is 9.78 Å². The van der Waals surface area contributed by atoms with Gasteiger partial charge in [0, 0.05) is 31.5 Å². The summed E-state index contributed by atoms with van der Waals surface area (Å²) in [7, 11) is 1.60. The molecule has 9 heteroatoms. The van der Waals surface area contributed by atoms with Crippen LogP contribution >= 0.6 is 11.3 Å². The molecular formula is C22H24N2O6S. The molecule has 0 radical (unpaired) electrons. The second kappa shape index (κ2) is 9.71. The van der Waals surface area contributed by atoms with E-state index in [-0.39, 0.29) is 12.5 Å². The molecule has 3 heterocycles. The molecule has 164 valence electrons. The molecule has 3 N–H and O–H groups in total. The van der Waals surface area contributed by atoms with Crippen LogP contribution in [-0.2, 0) is 16.1 Å². The van der Waals surface area contributed by atoms with Crippen LogP contribution in [0, 0.1) is 0 Å². The third-order valence-electron chi connectivity index (χ3n) is 5.00. The Morgan fingerprint density at radius 3 is 2.84 bits per heavy atom. The highest BCUT2D eigenvalue weighted by Gasteiger charge is 2.28. The van der Waals surface area contributed by atoms with Gasteiger partial charge in [0.1, 0.15) is 5.75 Å². The van der Waals surface area contributed by atoms with E-state index < -0.39 is 18.5 Å². The lowest BCUT2D eigenvalue weighted by Gasteiger charge is -2.32. The smallest absolute Gasteiger partial charge is 0.261 e. The number of aliphatic hydroxyl groups excluding tert-OH is 2. The first-order valence-electron chi connectivity index (χ1n) is 9.98. The molecule has 31 heavy (non-hydrogen) atoms. The van der Waals surface area contributed by atoms with Crippen molar-refractivity contribution in [1.82, 2.24) is 10.3 Å². The SMILES string of the molecule is CNC(=O)c1cc2c(Oc3ccc(COC4CC(O)CC(CO)O4)cc3)cncc2s1. The van der Waals surface area contributed by atoms with Crippen molar-refractivity contribution in [2.24, 2.45) is 0 Å². The van der Waals surface area contributed by atoms with E-state index in [0.717, 1.165) is 15.6 Å². The highest BCUT2D eigenvalue weighted by Crippen LogP contribution is 2.34. The summed E-state index contributed by atoms with van der Waals surface area (Å²) >= 11 is 1.36. The van der Waals surface area contributed by atoms with Crippen molar-refractivity contribution < 1.29 is 29.2 Å². The summed E-state index contributed by atoms with van der Waals surface area (Å²) in [6.45, 7) is 0.173. The summed E-state index contributed by atoms with van der Waals surface area (Å²) in [6.07, 6.45) is 2.65. The lowest BCUT2D eigenvalue weighted by molar-refractivity contribution is -0.226. The Morgan fingerprint density at radius 2 is 2.10 bits per heavy atom. The van der Waals surface area contributed by atoms with E-state index in [2.05, 4.69) is 10.3 Å². The molecule has 3 unspecified atom stereocenters. The first kappa shape index (κ1) is 21.7. The zero-order chi connectivity index (χ0) is 21.8. The number of nitrogens with one attached hydrogen (secondary N) is 1. The number of benzene rings is 1. The van der Waals surface area contributed by atoms with Crippen LogP contribution in [0.15, 0.2) is 42.7 Å². The number of pyridine rings is 1. The van der Waals surface area contributed by atoms with Crippen LogP contribution in [0.2, 0.25) is 0 Å². The summed E-state index contributed by atoms with van der Waals surface area (Å²) < 4.78 is 18.2. The zero-order valence-electron chi connectivity index (χ0n) is 17.0. The first-order valence-corrected chi connectivity index (χ1v) is 10.8. The van der Waals surface area contributed by atoms with Crippen LogP contribution in [0.25, 0.3) is 10.1 Å². The third-order valence-corrected chi connectivity index (χ3v) is 6.06. The largest absolute Gasteiger partial charge is 0.455 e. The van der Waals surface area contributed by atoms with Gasteiger partial charge in [-0.15, -0.1) is 11.3 Å². The topological polar surface area (TPSA) is 110 Å². The monoisotopic (exact) mass is 444 g/mol. The predicted octanol–water partition coefficient (Wildman–Crippen LogP) is 2.82. The van der Waals surface area contributed by atoms with Crippen molar-refractivity contribution in [2.45, 2.75) is 37.9 Å². The lowest BCUT2D eigenvalue weighted by Crippen LogP contribution is -2.38. The Kier molecular flexibility index (Phi) is 6.79. The number of aliphatic hydroxyl groups is 2. The summed E-state index contributed by atoms with van der Waals surface area (Å²) in [6, 6.07) is 9.23. The molecule has 0 saturated carbocycles. The van der Waals surface area contributed by atoms with Crippen LogP contribution in [0.4, 0.5) is 0 Å². The second-order valence-electron chi connectivity index (χ2n) is 7.29. The van der Waals surface area contributed by atoms with Gasteiger partial charge in [-0.25, -0.2) is 0 Å². The van der Waals surface area contributed by atoms with Crippen molar-refractivity contribution in [3.8, 4) is 11.5 Å². The molecule has 3 aromatic rings. The second-order valence-corrected chi connectivity index (χ2v) is 8.38. The number of rotatable bonds is 7. The minimum atomic E-state index is -0.548. The first-order chi connectivity index (χ1) is 15.1. The summed E-state index contributed by atoms with van der Waals surface area (Å²) in [5.74, 6) is 1.07. The van der Waals surface area contributed by atoms with Crippen LogP contribution < -0.4 is 10.1 Å². The van der Waals surface area contributed by atoms with Gasteiger partial charge in [-0.2, -0.15) is 0 Å². The lowest BCUT2D eigenvalue weighted by atomic mass is 10.1. The van der Waals surface area contributed by atoms with Crippen LogP contribution in [0.5, 0.6) is 11.5 Å². The van der Waals surface area contributed by atoms with Crippen molar-refractivity contribution in [2.75, 3.05) is 13.7 Å². The summed E-state index contributed by atoms with van der Waals surface area (Å²) in [4.78, 5) is 16.7. The number of thiophene rings is 1. The summed E-state index contributed by atoms with van der Waals surface area (Å²) in [5.41, 5.74) is 0.922. The molecule has 1 aliphatic rings. The molecule has 3 atom stereocenters. The molecule has 1 aromatic carbocycles. The summed E-state index contributed by atoms with van der Waals surface area (Å²) in [5, 5.41) is 22.6. The Bertz CT molecular complexity index is 1040. The van der Waals surface area contributed by atoms with Gasteiger partial charge >= 0.3 is 0 Å². The van der Waals surface area contributed by atoms with Gasteiger partial charge < -0.3 is 29.7 Å². The molecule has 1 amide bonds. The van der Waals surface area contributed by atoms with Crippen LogP contribution in [0.3, 0.4) is 0 Å². The van der Waals surface area contributed by atoms with Crippen LogP contribution in [-0.4, -0.2) is 53.3 Å². The van der Waals surface area contributed by atoms with E-state index in [1.807, 2.05) is 24.3 Å². The van der Waals surface area contributed by atoms with Gasteiger partial charge in [0.15, 0.2) is 12.0 Å². The molecule has 8 nitrogen and oxygen atoms in total. The van der Waals surface area contributed by atoms with Crippen molar-refractivity contribution in [3.05, 3.63) is 53.2 Å². The highest BCUT2D eigenvalue weighted by molar-refractivity contribution is 7.20. The maximum atomic E-state index is 11.9. The Balaban J connectivity index is 1.40. The standard InChI is InChI=1S/C22H24N2O6S/c1-23-22(27)19-8-17-18(9-24-10-20(17)31-19)29-15-4-2-13(3-5-15)12-28-21-7-14(26)6-16(11-25)30-21/h2-5,8-10,14,16,21,25-26H,6-7,11-12H2,1H3,(H,23,27). The molecule has 0 aliphatic carbocycles. The van der Waals surface area contributed by atoms with E-state index in [1.165, 1.54) is 11.3 Å². The Morgan fingerprint density at radius 1 is 1.29 bits per heavy atom. The zero-order valence-corrected chi connectivity index (χ0v) is 17.8. The average molecular weight is 445 g/mol. The minimum absolute atomic E-state index is 0.140. The van der Waals surface area contributed by atoms with E-state index in [4.69, 9.17) is 14.2 Å². The third kappa shape index (κ3) is 5.20. The maximum absolute atomic E-state index is 11.9. The number of nitrogens with zero attached hydrogens (tertiary/aromatic N) is 1. The quantitative estimate of drug-likeness (QED) is 0.514. The predicted molar refractivity (Wildman–Crippen MR) is 115 cm³/mol. The number of hydrogen-bond acceptors (Lipinski definition) is 8. The minimum Gasteiger partial charge on any atom is -0.455 e. The number of ether oxygens (including phenoxy) is 3. The average Bonchev–Trinajstić information content (AvgIpc) is 3.23. The van der Waals surface area contributed by atoms with Gasteiger partial charge in [0.05, 0.1) is 41.2 Å². The fraction of sp³-hybridized carbons (Fsp3) is 0.364. The maximum Gasteiger partial charge on any atom is 0.261 e. The van der Waals surface area contributed by atoms with Crippen molar-refractivity contribution in [1.29, 1.82) is 0 Å². The fourth-order valence-corrected chi connectivity index (χ4v) is 4.39. The molecule has 1 aliphatic heterocycles. The van der Waals surface area contributed by atoms with Crippen LogP contribution in [0.1, 0.15) is 28.1 Å². The fourth-order valence-electron chi connectivity index (χ4n) is 3.39. The number of carbonyl (C=O) groups excluding carboxylic acids is 1. The number of carbonyl (C=O) groups is 1. The van der Waals surface area contributed by atoms with Gasteiger partial charge in [0.25, 0.3) is 5.91 Å². The molecule has 0 spiro atoms. The number of aromatic nitrogens is 1. The molecule has 1 fully saturated rings. The van der Waals surface area contributed by atoms with Gasteiger partial charge in [-0.1, -0.05) is 12.1 Å². The number of fused-ring (bicyclic) bond motifs is 1. The molecular weight excluding hydrogens is 420 g/mol. The van der Waals surface area contributed by atoms with Crippen molar-refractivity contribution >= 4 is 27.3 Å². The Hall–Kier alpha value is -2.56. The molecule has 0 bridgehead atoms. The van der Waals surface area contributed by atoms with Crippen molar-refractivity contribution in [3.63, 3.8) is 0 Å². The molecule has 4 rings (SSSR count). The van der Waals surface area contributed by atoms with E-state index in [0.29, 0.717) is 35.8 Å². The van der Waals surface area contributed by atoms with Gasteiger partial charge in [-0.05, 0) is 23.8 Å². The number of amides is 1.